The molecule has 1 saturated heterocycles. The van der Waals surface area contributed by atoms with Crippen molar-refractivity contribution in [2.24, 2.45) is 0 Å². The molecular formula is C14H14F3NO2. The van der Waals surface area contributed by atoms with E-state index in [0.29, 0.717) is 12.8 Å². The second-order valence-corrected chi connectivity index (χ2v) is 5.40. The van der Waals surface area contributed by atoms with Crippen LogP contribution in [0.15, 0.2) is 18.2 Å². The molecule has 1 amide bonds. The Morgan fingerprint density at radius 3 is 2.80 bits per heavy atom. The molecule has 3 nitrogen and oxygen atoms in total. The first-order valence-corrected chi connectivity index (χ1v) is 6.57. The molecule has 0 spiro atoms. The van der Waals surface area contributed by atoms with Crippen LogP contribution in [0.5, 0.6) is 5.75 Å². The van der Waals surface area contributed by atoms with Crippen LogP contribution in [-0.4, -0.2) is 34.7 Å². The first-order chi connectivity index (χ1) is 9.38. The molecule has 0 aromatic heterocycles. The molecular weight excluding hydrogens is 271 g/mol. The molecule has 0 unspecified atom stereocenters. The lowest BCUT2D eigenvalue weighted by atomic mass is 9.88. The number of hydrogen-bond donors (Lipinski definition) is 1. The van der Waals surface area contributed by atoms with Gasteiger partial charge in [-0.2, -0.15) is 13.2 Å². The number of nitrogens with zero attached hydrogens (tertiary/aromatic N) is 1. The van der Waals surface area contributed by atoms with Gasteiger partial charge in [-0.3, -0.25) is 4.79 Å². The minimum Gasteiger partial charge on any atom is -0.508 e. The Kier molecular flexibility index (Phi) is 2.92. The van der Waals surface area contributed by atoms with E-state index in [2.05, 4.69) is 0 Å². The number of piperidine rings is 1. The Hall–Kier alpha value is -1.72. The highest BCUT2D eigenvalue weighted by Gasteiger charge is 2.49. The van der Waals surface area contributed by atoms with E-state index in [4.69, 9.17) is 0 Å². The Morgan fingerprint density at radius 2 is 2.10 bits per heavy atom. The van der Waals surface area contributed by atoms with Gasteiger partial charge in [-0.25, -0.2) is 0 Å². The second kappa shape index (κ2) is 4.40. The molecule has 20 heavy (non-hydrogen) atoms. The van der Waals surface area contributed by atoms with Gasteiger partial charge in [-0.05, 0) is 42.5 Å². The number of hydrogen-bond acceptors (Lipinski definition) is 2. The van der Waals surface area contributed by atoms with Crippen molar-refractivity contribution < 1.29 is 23.1 Å². The number of benzene rings is 1. The zero-order valence-corrected chi connectivity index (χ0v) is 10.7. The lowest BCUT2D eigenvalue weighted by Crippen LogP contribution is -2.51. The highest BCUT2D eigenvalue weighted by Crippen LogP contribution is 2.44. The molecule has 1 aliphatic heterocycles. The number of carbonyl (C=O) groups is 1. The quantitative estimate of drug-likeness (QED) is 0.796. The zero-order valence-electron chi connectivity index (χ0n) is 10.7. The number of rotatable bonds is 0. The van der Waals surface area contributed by atoms with E-state index in [1.165, 1.54) is 6.07 Å². The van der Waals surface area contributed by atoms with Gasteiger partial charge in [-0.1, -0.05) is 6.07 Å². The number of alkyl halides is 3. The van der Waals surface area contributed by atoms with E-state index in [-0.39, 0.29) is 18.2 Å². The molecule has 1 aliphatic carbocycles. The maximum atomic E-state index is 12.7. The largest absolute Gasteiger partial charge is 0.508 e. The Morgan fingerprint density at radius 1 is 1.35 bits per heavy atom. The minimum atomic E-state index is -4.82. The van der Waals surface area contributed by atoms with E-state index in [0.717, 1.165) is 22.4 Å². The van der Waals surface area contributed by atoms with Gasteiger partial charge in [-0.15, -0.1) is 0 Å². The summed E-state index contributed by atoms with van der Waals surface area (Å²) in [6.45, 7) is 0.152. The lowest BCUT2D eigenvalue weighted by molar-refractivity contribution is -0.189. The highest BCUT2D eigenvalue weighted by atomic mass is 19.4. The van der Waals surface area contributed by atoms with E-state index in [1.54, 1.807) is 12.1 Å². The van der Waals surface area contributed by atoms with Crippen LogP contribution in [0.2, 0.25) is 0 Å². The van der Waals surface area contributed by atoms with Gasteiger partial charge in [0.05, 0.1) is 0 Å². The number of aromatic hydroxyl groups is 1. The molecule has 1 aromatic carbocycles. The standard InChI is InChI=1S/C14H14F3NO2/c15-14(16,17)13(20)18-5-1-2-10-11-7-9(19)4-3-8(11)6-12(10)18/h3-4,7,10,12,19H,1-2,5-6H2/t10-,12+/m0/s1. The van der Waals surface area contributed by atoms with Crippen molar-refractivity contribution in [2.45, 2.75) is 37.4 Å². The van der Waals surface area contributed by atoms with Gasteiger partial charge in [0, 0.05) is 18.5 Å². The van der Waals surface area contributed by atoms with Crippen molar-refractivity contribution in [3.05, 3.63) is 29.3 Å². The summed E-state index contributed by atoms with van der Waals surface area (Å²) in [6.07, 6.45) is -3.08. The van der Waals surface area contributed by atoms with Gasteiger partial charge < -0.3 is 10.0 Å². The zero-order chi connectivity index (χ0) is 14.5. The van der Waals surface area contributed by atoms with Gasteiger partial charge in [0.25, 0.3) is 0 Å². The Labute approximate surface area is 114 Å². The number of carbonyl (C=O) groups excluding carboxylic acids is 1. The number of phenols is 1. The van der Waals surface area contributed by atoms with E-state index in [1.807, 2.05) is 0 Å². The van der Waals surface area contributed by atoms with Crippen LogP contribution < -0.4 is 0 Å². The number of fused-ring (bicyclic) bond motifs is 3. The average molecular weight is 285 g/mol. The van der Waals surface area contributed by atoms with Gasteiger partial charge >= 0.3 is 12.1 Å². The molecule has 108 valence electrons. The second-order valence-electron chi connectivity index (χ2n) is 5.40. The molecule has 2 aliphatic rings. The van der Waals surface area contributed by atoms with Crippen LogP contribution in [0.25, 0.3) is 0 Å². The predicted molar refractivity (Wildman–Crippen MR) is 65.3 cm³/mol. The fourth-order valence-corrected chi connectivity index (χ4v) is 3.43. The van der Waals surface area contributed by atoms with Gasteiger partial charge in [0.15, 0.2) is 0 Å². The summed E-state index contributed by atoms with van der Waals surface area (Å²) >= 11 is 0. The third-order valence-electron chi connectivity index (χ3n) is 4.24. The SMILES string of the molecule is O=C(N1CCC[C@H]2c3cc(O)ccc3C[C@H]21)C(F)(F)F. The summed E-state index contributed by atoms with van der Waals surface area (Å²) in [5.74, 6) is -1.73. The van der Waals surface area contributed by atoms with Crippen LogP contribution >= 0.6 is 0 Å². The van der Waals surface area contributed by atoms with E-state index >= 15 is 0 Å². The number of halogens is 3. The summed E-state index contributed by atoms with van der Waals surface area (Å²) in [7, 11) is 0. The average Bonchev–Trinajstić information content (AvgIpc) is 2.74. The third kappa shape index (κ3) is 2.03. The smallest absolute Gasteiger partial charge is 0.471 e. The molecule has 0 saturated carbocycles. The first kappa shape index (κ1) is 13.3. The van der Waals surface area contributed by atoms with Gasteiger partial charge in [0.1, 0.15) is 5.75 Å². The molecule has 0 bridgehead atoms. The molecule has 1 N–H and O–H groups in total. The Balaban J connectivity index is 1.92. The van der Waals surface area contributed by atoms with Gasteiger partial charge in [0.2, 0.25) is 0 Å². The number of amides is 1. The van der Waals surface area contributed by atoms with Crippen molar-refractivity contribution in [2.75, 3.05) is 6.54 Å². The molecule has 2 atom stereocenters. The highest BCUT2D eigenvalue weighted by molar-refractivity contribution is 5.82. The van der Waals surface area contributed by atoms with Crippen molar-refractivity contribution in [3.8, 4) is 5.75 Å². The van der Waals surface area contributed by atoms with Crippen molar-refractivity contribution in [1.29, 1.82) is 0 Å². The monoisotopic (exact) mass is 285 g/mol. The molecule has 6 heteroatoms. The summed E-state index contributed by atoms with van der Waals surface area (Å²) in [6, 6.07) is 4.45. The normalized spacial score (nSPS) is 25.2. The molecule has 1 heterocycles. The maximum Gasteiger partial charge on any atom is 0.471 e. The van der Waals surface area contributed by atoms with Crippen LogP contribution in [0, 0.1) is 0 Å². The number of phenolic OH excluding ortho intramolecular Hbond substituents is 1. The molecule has 1 aromatic rings. The summed E-state index contributed by atoms with van der Waals surface area (Å²) in [5.41, 5.74) is 1.81. The van der Waals surface area contributed by atoms with Crippen LogP contribution in [0.4, 0.5) is 13.2 Å². The minimum absolute atomic E-state index is 0.0999. The molecule has 3 rings (SSSR count). The third-order valence-corrected chi connectivity index (χ3v) is 4.24. The topological polar surface area (TPSA) is 40.5 Å². The van der Waals surface area contributed by atoms with Crippen molar-refractivity contribution in [1.82, 2.24) is 4.90 Å². The molecule has 0 radical (unpaired) electrons. The summed E-state index contributed by atoms with van der Waals surface area (Å²) in [4.78, 5) is 12.5. The van der Waals surface area contributed by atoms with Crippen molar-refractivity contribution in [3.63, 3.8) is 0 Å². The predicted octanol–water partition coefficient (Wildman–Crippen LogP) is 2.59. The first-order valence-electron chi connectivity index (χ1n) is 6.57. The fraction of sp³-hybridized carbons (Fsp3) is 0.500. The summed E-state index contributed by atoms with van der Waals surface area (Å²) in [5, 5.41) is 9.53. The van der Waals surface area contributed by atoms with Crippen molar-refractivity contribution >= 4 is 5.91 Å². The van der Waals surface area contributed by atoms with Crippen LogP contribution in [-0.2, 0) is 11.2 Å². The van der Waals surface area contributed by atoms with Crippen LogP contribution in [0.1, 0.15) is 29.9 Å². The summed E-state index contributed by atoms with van der Waals surface area (Å²) < 4.78 is 38.0. The lowest BCUT2D eigenvalue weighted by Gasteiger charge is -2.38. The van der Waals surface area contributed by atoms with E-state index in [9.17, 15) is 23.1 Å². The Bertz CT molecular complexity index is 556. The van der Waals surface area contributed by atoms with E-state index < -0.39 is 18.1 Å². The fourth-order valence-electron chi connectivity index (χ4n) is 3.43. The number of likely N-dealkylation sites (tertiary alicyclic amines) is 1. The molecule has 1 fully saturated rings. The van der Waals surface area contributed by atoms with Crippen LogP contribution in [0.3, 0.4) is 0 Å². The maximum absolute atomic E-state index is 12.7.